The summed E-state index contributed by atoms with van der Waals surface area (Å²) in [5.41, 5.74) is 2.20. The Labute approximate surface area is 185 Å². The molecule has 158 valence electrons. The third-order valence-electron chi connectivity index (χ3n) is 6.57. The number of nitrogens with zero attached hydrogens (tertiary/aromatic N) is 4. The van der Waals surface area contributed by atoms with E-state index in [9.17, 15) is 5.11 Å². The number of nitrogens with one attached hydrogen (secondary N) is 1. The normalized spacial score (nSPS) is 20.8. The highest BCUT2D eigenvalue weighted by molar-refractivity contribution is 9.10. The molecular weight excluding hydrogens is 442 g/mol. The summed E-state index contributed by atoms with van der Waals surface area (Å²) in [7, 11) is 0. The number of aromatic nitrogens is 3. The summed E-state index contributed by atoms with van der Waals surface area (Å²) in [6.45, 7) is 3.35. The molecule has 0 radical (unpaired) electrons. The Morgan fingerprint density at radius 3 is 2.80 bits per heavy atom. The zero-order chi connectivity index (χ0) is 20.5. The van der Waals surface area contributed by atoms with Gasteiger partial charge in [-0.15, -0.1) is 0 Å². The standard InChI is InChI=1S/C23H28BrN5O/c24-19-14-26-29-22(12-20(27-23(19)29)18-9-3-4-10-21(18)30)25-13-16-6-5-11-28(15-16)17-7-1-2-8-17/h3-4,9-10,12,14,16-17,25,30H,1-2,5-8,11,13,15H2. The number of rotatable bonds is 5. The number of anilines is 1. The fourth-order valence-electron chi connectivity index (χ4n) is 5.00. The highest BCUT2D eigenvalue weighted by Crippen LogP contribution is 2.32. The van der Waals surface area contributed by atoms with Crippen LogP contribution in [0.25, 0.3) is 16.9 Å². The Morgan fingerprint density at radius 1 is 1.13 bits per heavy atom. The third-order valence-corrected chi connectivity index (χ3v) is 7.13. The van der Waals surface area contributed by atoms with Crippen LogP contribution in [0.4, 0.5) is 5.82 Å². The molecule has 0 bridgehead atoms. The van der Waals surface area contributed by atoms with E-state index in [0.29, 0.717) is 5.92 Å². The van der Waals surface area contributed by atoms with E-state index < -0.39 is 0 Å². The van der Waals surface area contributed by atoms with Gasteiger partial charge >= 0.3 is 0 Å². The first-order chi connectivity index (χ1) is 14.7. The molecule has 1 aliphatic heterocycles. The summed E-state index contributed by atoms with van der Waals surface area (Å²) in [5, 5.41) is 18.4. The molecule has 0 amide bonds. The number of phenolic OH excluding ortho intramolecular Hbond substituents is 1. The van der Waals surface area contributed by atoms with Gasteiger partial charge in [-0.2, -0.15) is 9.61 Å². The summed E-state index contributed by atoms with van der Waals surface area (Å²) in [6.07, 6.45) is 9.84. The molecule has 1 aromatic carbocycles. The van der Waals surface area contributed by atoms with Crippen LogP contribution in [0, 0.1) is 5.92 Å². The summed E-state index contributed by atoms with van der Waals surface area (Å²) in [4.78, 5) is 7.46. The Bertz CT molecular complexity index is 1030. The largest absolute Gasteiger partial charge is 0.507 e. The Morgan fingerprint density at radius 2 is 1.97 bits per heavy atom. The summed E-state index contributed by atoms with van der Waals surface area (Å²) < 4.78 is 2.68. The average molecular weight is 470 g/mol. The molecule has 1 aliphatic carbocycles. The maximum Gasteiger partial charge on any atom is 0.172 e. The third kappa shape index (κ3) is 3.93. The van der Waals surface area contributed by atoms with Gasteiger partial charge in [-0.3, -0.25) is 0 Å². The van der Waals surface area contributed by atoms with Crippen LogP contribution in [0.1, 0.15) is 38.5 Å². The van der Waals surface area contributed by atoms with Crippen LogP contribution in [-0.2, 0) is 0 Å². The molecule has 1 atom stereocenters. The van der Waals surface area contributed by atoms with Gasteiger partial charge in [0.1, 0.15) is 11.6 Å². The number of piperidine rings is 1. The van der Waals surface area contributed by atoms with Crippen LogP contribution in [0.15, 0.2) is 41.0 Å². The lowest BCUT2D eigenvalue weighted by molar-refractivity contribution is 0.129. The van der Waals surface area contributed by atoms with Crippen LogP contribution < -0.4 is 5.32 Å². The fraction of sp³-hybridized carbons (Fsp3) is 0.478. The van der Waals surface area contributed by atoms with Gasteiger partial charge in [0.15, 0.2) is 5.65 Å². The summed E-state index contributed by atoms with van der Waals surface area (Å²) in [6, 6.07) is 10.1. The molecule has 2 fully saturated rings. The molecule has 0 spiro atoms. The van der Waals surface area contributed by atoms with Gasteiger partial charge in [0.2, 0.25) is 0 Å². The number of aromatic hydroxyl groups is 1. The van der Waals surface area contributed by atoms with E-state index in [1.165, 1.54) is 51.6 Å². The molecule has 3 aromatic rings. The summed E-state index contributed by atoms with van der Waals surface area (Å²) in [5.74, 6) is 1.77. The zero-order valence-electron chi connectivity index (χ0n) is 17.1. The van der Waals surface area contributed by atoms with Crippen molar-refractivity contribution in [2.75, 3.05) is 25.0 Å². The van der Waals surface area contributed by atoms with Gasteiger partial charge in [-0.1, -0.05) is 25.0 Å². The number of likely N-dealkylation sites (tertiary alicyclic amines) is 1. The van der Waals surface area contributed by atoms with E-state index >= 15 is 0 Å². The minimum Gasteiger partial charge on any atom is -0.507 e. The first-order valence-electron chi connectivity index (χ1n) is 11.0. The van der Waals surface area contributed by atoms with Crippen molar-refractivity contribution >= 4 is 27.4 Å². The number of phenols is 1. The van der Waals surface area contributed by atoms with Crippen molar-refractivity contribution in [3.63, 3.8) is 0 Å². The van der Waals surface area contributed by atoms with Crippen LogP contribution >= 0.6 is 15.9 Å². The Hall–Kier alpha value is -2.12. The number of hydrogen-bond donors (Lipinski definition) is 2. The van der Waals surface area contributed by atoms with Gasteiger partial charge in [0.25, 0.3) is 0 Å². The predicted octanol–water partition coefficient (Wildman–Crippen LogP) is 4.93. The first kappa shape index (κ1) is 19.8. The average Bonchev–Trinajstić information content (AvgIpc) is 3.43. The van der Waals surface area contributed by atoms with Crippen LogP contribution in [0.5, 0.6) is 5.75 Å². The van der Waals surface area contributed by atoms with Gasteiger partial charge in [-0.05, 0) is 66.2 Å². The van der Waals surface area contributed by atoms with Crippen molar-refractivity contribution in [2.24, 2.45) is 5.92 Å². The molecule has 2 aliphatic rings. The van der Waals surface area contributed by atoms with E-state index in [-0.39, 0.29) is 5.75 Å². The second-order valence-electron chi connectivity index (χ2n) is 8.59. The Balaban J connectivity index is 1.38. The van der Waals surface area contributed by atoms with Crippen molar-refractivity contribution < 1.29 is 5.11 Å². The molecule has 2 N–H and O–H groups in total. The van der Waals surface area contributed by atoms with Crippen LogP contribution in [-0.4, -0.2) is 50.3 Å². The van der Waals surface area contributed by atoms with Gasteiger partial charge in [0.05, 0.1) is 16.4 Å². The van der Waals surface area contributed by atoms with Crippen molar-refractivity contribution in [2.45, 2.75) is 44.6 Å². The highest BCUT2D eigenvalue weighted by Gasteiger charge is 2.28. The molecule has 3 heterocycles. The lowest BCUT2D eigenvalue weighted by atomic mass is 9.96. The smallest absolute Gasteiger partial charge is 0.172 e. The quantitative estimate of drug-likeness (QED) is 0.554. The number of fused-ring (bicyclic) bond motifs is 1. The van der Waals surface area contributed by atoms with Crippen molar-refractivity contribution in [3.05, 3.63) is 41.0 Å². The van der Waals surface area contributed by atoms with E-state index in [1.54, 1.807) is 12.3 Å². The molecular formula is C23H28BrN5O. The fourth-order valence-corrected chi connectivity index (χ4v) is 5.35. The molecule has 2 aromatic heterocycles. The lowest BCUT2D eigenvalue weighted by Crippen LogP contribution is -2.43. The number of hydrogen-bond acceptors (Lipinski definition) is 5. The predicted molar refractivity (Wildman–Crippen MR) is 123 cm³/mol. The maximum absolute atomic E-state index is 10.3. The molecule has 1 saturated heterocycles. The van der Waals surface area contributed by atoms with Crippen molar-refractivity contribution in [1.29, 1.82) is 0 Å². The minimum absolute atomic E-state index is 0.232. The van der Waals surface area contributed by atoms with E-state index in [1.807, 2.05) is 28.8 Å². The number of para-hydroxylation sites is 1. The van der Waals surface area contributed by atoms with E-state index in [0.717, 1.165) is 39.8 Å². The van der Waals surface area contributed by atoms with Gasteiger partial charge < -0.3 is 15.3 Å². The second-order valence-corrected chi connectivity index (χ2v) is 9.45. The molecule has 5 rings (SSSR count). The van der Waals surface area contributed by atoms with Gasteiger partial charge in [-0.25, -0.2) is 4.98 Å². The van der Waals surface area contributed by atoms with Crippen molar-refractivity contribution in [1.82, 2.24) is 19.5 Å². The molecule has 7 heteroatoms. The topological polar surface area (TPSA) is 65.7 Å². The first-order valence-corrected chi connectivity index (χ1v) is 11.8. The highest BCUT2D eigenvalue weighted by atomic mass is 79.9. The molecule has 6 nitrogen and oxygen atoms in total. The van der Waals surface area contributed by atoms with E-state index in [2.05, 4.69) is 31.2 Å². The molecule has 1 saturated carbocycles. The SMILES string of the molecule is Oc1ccccc1-c1cc(NCC2CCCN(C3CCCC3)C2)n2ncc(Br)c2n1. The van der Waals surface area contributed by atoms with E-state index in [4.69, 9.17) is 4.98 Å². The Kier molecular flexibility index (Phi) is 5.65. The lowest BCUT2D eigenvalue weighted by Gasteiger charge is -2.37. The summed E-state index contributed by atoms with van der Waals surface area (Å²) >= 11 is 3.56. The maximum atomic E-state index is 10.3. The number of benzene rings is 1. The molecule has 30 heavy (non-hydrogen) atoms. The second kappa shape index (κ2) is 8.55. The van der Waals surface area contributed by atoms with Gasteiger partial charge in [0, 0.05) is 30.8 Å². The zero-order valence-corrected chi connectivity index (χ0v) is 18.7. The number of halogens is 1. The monoisotopic (exact) mass is 469 g/mol. The minimum atomic E-state index is 0.232. The van der Waals surface area contributed by atoms with Crippen molar-refractivity contribution in [3.8, 4) is 17.0 Å². The van der Waals surface area contributed by atoms with Crippen LogP contribution in [0.3, 0.4) is 0 Å². The molecule has 1 unspecified atom stereocenters. The van der Waals surface area contributed by atoms with Crippen LogP contribution in [0.2, 0.25) is 0 Å².